The smallest absolute Gasteiger partial charge is 0.230 e. The molecule has 2 N–H and O–H groups in total. The Morgan fingerprint density at radius 3 is 2.28 bits per heavy atom. The molecule has 0 radical (unpaired) electrons. The maximum absolute atomic E-state index is 12.6. The molecular weight excluding hydrogens is 250 g/mol. The summed E-state index contributed by atoms with van der Waals surface area (Å²) in [6, 6.07) is 0.503. The fourth-order valence-electron chi connectivity index (χ4n) is 2.61. The molecule has 0 saturated carbocycles. The Labute approximate surface area is 117 Å². The number of likely N-dealkylation sites (tertiary alicyclic amines) is 1. The highest BCUT2D eigenvalue weighted by molar-refractivity contribution is 5.85. The summed E-state index contributed by atoms with van der Waals surface area (Å²) in [6.07, 6.45) is 2.75. The van der Waals surface area contributed by atoms with Crippen LogP contribution in [0.2, 0.25) is 0 Å². The Hall–Kier alpha value is -0.320. The van der Waals surface area contributed by atoms with E-state index in [1.54, 1.807) is 0 Å². The molecule has 4 nitrogen and oxygen atoms in total. The number of halogens is 1. The number of carbonyl (C=O) groups is 1. The minimum absolute atomic E-state index is 0. The number of hydrogen-bond acceptors (Lipinski definition) is 3. The predicted molar refractivity (Wildman–Crippen MR) is 78.0 cm³/mol. The van der Waals surface area contributed by atoms with Gasteiger partial charge in [-0.2, -0.15) is 0 Å². The van der Waals surface area contributed by atoms with Crippen LogP contribution >= 0.6 is 12.4 Å². The van der Waals surface area contributed by atoms with Crippen LogP contribution in [0.25, 0.3) is 0 Å². The molecule has 0 aromatic heterocycles. The maximum Gasteiger partial charge on any atom is 0.230 e. The first-order valence-corrected chi connectivity index (χ1v) is 6.66. The average Bonchev–Trinajstić information content (AvgIpc) is 2.81. The zero-order chi connectivity index (χ0) is 13.1. The standard InChI is InChI=1S/C13H27N3O.ClH/c1-5-13(6-2,10-14)12(17)16-8-7-11(9-16)15(3)4;/h11H,5-10,14H2,1-4H3;1H. The van der Waals surface area contributed by atoms with Crippen LogP contribution in [-0.4, -0.2) is 55.5 Å². The van der Waals surface area contributed by atoms with Crippen LogP contribution in [-0.2, 0) is 4.79 Å². The number of nitrogens with zero attached hydrogens (tertiary/aromatic N) is 2. The molecule has 5 heteroatoms. The van der Waals surface area contributed by atoms with Crippen LogP contribution in [0.3, 0.4) is 0 Å². The lowest BCUT2D eigenvalue weighted by Crippen LogP contribution is -2.47. The van der Waals surface area contributed by atoms with Crippen molar-refractivity contribution in [3.63, 3.8) is 0 Å². The SMILES string of the molecule is CCC(CC)(CN)C(=O)N1CCC(N(C)C)C1.Cl. The zero-order valence-corrected chi connectivity index (χ0v) is 12.9. The summed E-state index contributed by atoms with van der Waals surface area (Å²) in [5.41, 5.74) is 5.50. The van der Waals surface area contributed by atoms with Gasteiger partial charge in [-0.25, -0.2) is 0 Å². The molecule has 0 aromatic rings. The minimum Gasteiger partial charge on any atom is -0.341 e. The van der Waals surface area contributed by atoms with Crippen molar-refractivity contribution in [3.8, 4) is 0 Å². The van der Waals surface area contributed by atoms with Crippen molar-refractivity contribution in [2.75, 3.05) is 33.7 Å². The van der Waals surface area contributed by atoms with Crippen molar-refractivity contribution in [1.82, 2.24) is 9.80 Å². The number of carbonyl (C=O) groups excluding carboxylic acids is 1. The van der Waals surface area contributed by atoms with E-state index in [9.17, 15) is 4.79 Å². The van der Waals surface area contributed by atoms with E-state index in [-0.39, 0.29) is 23.7 Å². The summed E-state index contributed by atoms with van der Waals surface area (Å²) in [6.45, 7) is 6.32. The number of hydrogen-bond donors (Lipinski definition) is 1. The van der Waals surface area contributed by atoms with Crippen LogP contribution in [0.4, 0.5) is 0 Å². The molecule has 18 heavy (non-hydrogen) atoms. The Morgan fingerprint density at radius 2 is 1.94 bits per heavy atom. The van der Waals surface area contributed by atoms with Crippen molar-refractivity contribution >= 4 is 18.3 Å². The van der Waals surface area contributed by atoms with Gasteiger partial charge in [-0.15, -0.1) is 12.4 Å². The summed E-state index contributed by atoms with van der Waals surface area (Å²) in [5, 5.41) is 0. The fourth-order valence-corrected chi connectivity index (χ4v) is 2.61. The van der Waals surface area contributed by atoms with Gasteiger partial charge in [0, 0.05) is 25.7 Å². The molecule has 0 aliphatic carbocycles. The molecule has 108 valence electrons. The first-order valence-electron chi connectivity index (χ1n) is 6.66. The largest absolute Gasteiger partial charge is 0.341 e. The molecule has 1 atom stereocenters. The molecule has 1 saturated heterocycles. The van der Waals surface area contributed by atoms with E-state index in [0.29, 0.717) is 12.6 Å². The Morgan fingerprint density at radius 1 is 1.39 bits per heavy atom. The van der Waals surface area contributed by atoms with Gasteiger partial charge in [0.2, 0.25) is 5.91 Å². The van der Waals surface area contributed by atoms with E-state index in [0.717, 1.165) is 32.4 Å². The lowest BCUT2D eigenvalue weighted by Gasteiger charge is -2.33. The third kappa shape index (κ3) is 3.37. The van der Waals surface area contributed by atoms with Crippen LogP contribution in [0.15, 0.2) is 0 Å². The van der Waals surface area contributed by atoms with Crippen molar-refractivity contribution in [2.45, 2.75) is 39.2 Å². The molecule has 1 rings (SSSR count). The molecule has 1 amide bonds. The molecule has 1 unspecified atom stereocenters. The Kier molecular flexibility index (Phi) is 7.18. The van der Waals surface area contributed by atoms with Gasteiger partial charge in [-0.05, 0) is 33.4 Å². The molecule has 1 heterocycles. The second kappa shape index (κ2) is 7.31. The van der Waals surface area contributed by atoms with E-state index < -0.39 is 0 Å². The normalized spacial score (nSPS) is 20.1. The Bertz CT molecular complexity index is 259. The van der Waals surface area contributed by atoms with Gasteiger partial charge in [0.1, 0.15) is 0 Å². The summed E-state index contributed by atoms with van der Waals surface area (Å²) < 4.78 is 0. The second-order valence-corrected chi connectivity index (χ2v) is 5.35. The van der Waals surface area contributed by atoms with E-state index in [1.807, 2.05) is 4.90 Å². The molecule has 1 fully saturated rings. The fraction of sp³-hybridized carbons (Fsp3) is 0.923. The number of likely N-dealkylation sites (N-methyl/N-ethyl adjacent to an activating group) is 1. The number of rotatable bonds is 5. The minimum atomic E-state index is -0.332. The van der Waals surface area contributed by atoms with Crippen LogP contribution in [0.1, 0.15) is 33.1 Å². The van der Waals surface area contributed by atoms with Crippen molar-refractivity contribution < 1.29 is 4.79 Å². The van der Waals surface area contributed by atoms with Gasteiger partial charge < -0.3 is 15.5 Å². The van der Waals surface area contributed by atoms with E-state index in [1.165, 1.54) is 0 Å². The molecule has 0 bridgehead atoms. The summed E-state index contributed by atoms with van der Waals surface area (Å²) in [4.78, 5) is 16.8. The Balaban J connectivity index is 0.00000289. The van der Waals surface area contributed by atoms with Gasteiger partial charge >= 0.3 is 0 Å². The van der Waals surface area contributed by atoms with Gasteiger partial charge in [-0.3, -0.25) is 4.79 Å². The van der Waals surface area contributed by atoms with Gasteiger partial charge in [-0.1, -0.05) is 13.8 Å². The number of nitrogens with two attached hydrogens (primary N) is 1. The lowest BCUT2D eigenvalue weighted by atomic mass is 9.81. The van der Waals surface area contributed by atoms with Crippen molar-refractivity contribution in [2.24, 2.45) is 11.1 Å². The second-order valence-electron chi connectivity index (χ2n) is 5.35. The average molecular weight is 278 g/mol. The summed E-state index contributed by atoms with van der Waals surface area (Å²) in [5.74, 6) is 0.259. The molecular formula is C13H28ClN3O. The molecule has 1 aliphatic heterocycles. The zero-order valence-electron chi connectivity index (χ0n) is 12.1. The van der Waals surface area contributed by atoms with E-state index in [2.05, 4.69) is 32.8 Å². The first kappa shape index (κ1) is 17.7. The van der Waals surface area contributed by atoms with Crippen LogP contribution in [0, 0.1) is 5.41 Å². The van der Waals surface area contributed by atoms with Crippen LogP contribution < -0.4 is 5.73 Å². The van der Waals surface area contributed by atoms with E-state index >= 15 is 0 Å². The van der Waals surface area contributed by atoms with Gasteiger partial charge in [0.25, 0.3) is 0 Å². The van der Waals surface area contributed by atoms with Crippen molar-refractivity contribution in [3.05, 3.63) is 0 Å². The summed E-state index contributed by atoms with van der Waals surface area (Å²) in [7, 11) is 4.16. The quantitative estimate of drug-likeness (QED) is 0.825. The van der Waals surface area contributed by atoms with Crippen molar-refractivity contribution in [1.29, 1.82) is 0 Å². The summed E-state index contributed by atoms with van der Waals surface area (Å²) >= 11 is 0. The first-order chi connectivity index (χ1) is 8.00. The highest BCUT2D eigenvalue weighted by Crippen LogP contribution is 2.29. The topological polar surface area (TPSA) is 49.6 Å². The molecule has 0 spiro atoms. The lowest BCUT2D eigenvalue weighted by molar-refractivity contribution is -0.141. The van der Waals surface area contributed by atoms with Crippen LogP contribution in [0.5, 0.6) is 0 Å². The third-order valence-electron chi connectivity index (χ3n) is 4.38. The van der Waals surface area contributed by atoms with Gasteiger partial charge in [0.15, 0.2) is 0 Å². The highest BCUT2D eigenvalue weighted by atomic mass is 35.5. The third-order valence-corrected chi connectivity index (χ3v) is 4.38. The predicted octanol–water partition coefficient (Wildman–Crippen LogP) is 1.34. The molecule has 0 aromatic carbocycles. The monoisotopic (exact) mass is 277 g/mol. The molecule has 1 aliphatic rings. The van der Waals surface area contributed by atoms with Gasteiger partial charge in [0.05, 0.1) is 5.41 Å². The van der Waals surface area contributed by atoms with E-state index in [4.69, 9.17) is 5.73 Å². The maximum atomic E-state index is 12.6. The highest BCUT2D eigenvalue weighted by Gasteiger charge is 2.39. The number of amides is 1.